The number of phenols is 1. The zero-order chi connectivity index (χ0) is 20.5. The maximum Gasteiger partial charge on any atom is 0.318 e. The lowest BCUT2D eigenvalue weighted by Crippen LogP contribution is -2.33. The van der Waals surface area contributed by atoms with Gasteiger partial charge >= 0.3 is 6.01 Å². The highest BCUT2D eigenvalue weighted by Crippen LogP contribution is 2.35. The standard InChI is InChI=1S/C22H27N5O2/c1-14(12-26(2)3)29-22-24-19-13-27(9-8-18(19)21(23)25-22)20-11-16(28)10-15-6-4-5-7-17(15)20/h4-7,10-11,14,28H,8-9,12-13H2,1-3H3,(H2,23,24,25). The van der Waals surface area contributed by atoms with Crippen LogP contribution in [0.4, 0.5) is 11.5 Å². The lowest BCUT2D eigenvalue weighted by Gasteiger charge is -2.31. The number of hydrogen-bond donors (Lipinski definition) is 2. The van der Waals surface area contributed by atoms with E-state index in [4.69, 9.17) is 10.5 Å². The quantitative estimate of drug-likeness (QED) is 0.689. The van der Waals surface area contributed by atoms with Gasteiger partial charge in [-0.05, 0) is 38.9 Å². The van der Waals surface area contributed by atoms with E-state index in [1.165, 1.54) is 0 Å². The Hall–Kier alpha value is -3.06. The molecule has 2 aromatic carbocycles. The van der Waals surface area contributed by atoms with Crippen molar-refractivity contribution >= 4 is 22.3 Å². The Kier molecular flexibility index (Phi) is 5.15. The minimum absolute atomic E-state index is 0.0443. The lowest BCUT2D eigenvalue weighted by molar-refractivity contribution is 0.163. The molecule has 1 atom stereocenters. The molecule has 0 saturated carbocycles. The Morgan fingerprint density at radius 2 is 2.03 bits per heavy atom. The molecule has 2 heterocycles. The van der Waals surface area contributed by atoms with Crippen molar-refractivity contribution in [3.8, 4) is 11.8 Å². The summed E-state index contributed by atoms with van der Waals surface area (Å²) in [5.74, 6) is 0.746. The van der Waals surface area contributed by atoms with E-state index in [0.717, 1.165) is 47.2 Å². The molecule has 29 heavy (non-hydrogen) atoms. The second-order valence-corrected chi connectivity index (χ2v) is 7.86. The van der Waals surface area contributed by atoms with Gasteiger partial charge in [-0.1, -0.05) is 24.3 Å². The van der Waals surface area contributed by atoms with Gasteiger partial charge in [-0.25, -0.2) is 0 Å². The molecule has 0 radical (unpaired) electrons. The van der Waals surface area contributed by atoms with Crippen LogP contribution in [-0.4, -0.2) is 53.3 Å². The molecule has 0 fully saturated rings. The molecule has 3 N–H and O–H groups in total. The smallest absolute Gasteiger partial charge is 0.318 e. The maximum atomic E-state index is 10.2. The number of hydrogen-bond acceptors (Lipinski definition) is 7. The number of anilines is 2. The van der Waals surface area contributed by atoms with Gasteiger partial charge in [0.15, 0.2) is 0 Å². The molecule has 0 spiro atoms. The van der Waals surface area contributed by atoms with Crippen molar-refractivity contribution in [2.24, 2.45) is 0 Å². The van der Waals surface area contributed by atoms with Crippen LogP contribution in [0.5, 0.6) is 11.8 Å². The second kappa shape index (κ2) is 7.75. The summed E-state index contributed by atoms with van der Waals surface area (Å²) in [6.45, 7) is 4.13. The number of nitrogens with zero attached hydrogens (tertiary/aromatic N) is 4. The minimum Gasteiger partial charge on any atom is -0.508 e. The lowest BCUT2D eigenvalue weighted by atomic mass is 10.0. The molecule has 1 aliphatic rings. The van der Waals surface area contributed by atoms with Gasteiger partial charge in [0.2, 0.25) is 0 Å². The highest BCUT2D eigenvalue weighted by molar-refractivity contribution is 5.95. The number of phenolic OH excluding ortho intramolecular Hbond substituents is 1. The second-order valence-electron chi connectivity index (χ2n) is 7.86. The van der Waals surface area contributed by atoms with Crippen molar-refractivity contribution in [1.29, 1.82) is 0 Å². The third kappa shape index (κ3) is 4.05. The Morgan fingerprint density at radius 1 is 1.24 bits per heavy atom. The normalized spacial score (nSPS) is 14.8. The summed E-state index contributed by atoms with van der Waals surface area (Å²) in [4.78, 5) is 13.3. The minimum atomic E-state index is -0.0443. The molecule has 0 aliphatic carbocycles. The molecule has 0 bridgehead atoms. The largest absolute Gasteiger partial charge is 0.508 e. The van der Waals surface area contributed by atoms with Crippen LogP contribution < -0.4 is 15.4 Å². The van der Waals surface area contributed by atoms with Crippen molar-refractivity contribution in [3.05, 3.63) is 47.7 Å². The van der Waals surface area contributed by atoms with Crippen LogP contribution in [0.1, 0.15) is 18.2 Å². The number of likely N-dealkylation sites (N-methyl/N-ethyl adjacent to an activating group) is 1. The zero-order valence-corrected chi connectivity index (χ0v) is 17.1. The molecule has 1 unspecified atom stereocenters. The Balaban J connectivity index is 1.65. The average molecular weight is 393 g/mol. The van der Waals surface area contributed by atoms with E-state index in [2.05, 4.69) is 25.8 Å². The van der Waals surface area contributed by atoms with Crippen molar-refractivity contribution in [1.82, 2.24) is 14.9 Å². The maximum absolute atomic E-state index is 10.2. The van der Waals surface area contributed by atoms with Crippen molar-refractivity contribution in [3.63, 3.8) is 0 Å². The van der Waals surface area contributed by atoms with Crippen LogP contribution in [0.15, 0.2) is 36.4 Å². The van der Waals surface area contributed by atoms with Crippen LogP contribution in [-0.2, 0) is 13.0 Å². The number of aromatic hydroxyl groups is 1. The summed E-state index contributed by atoms with van der Waals surface area (Å²) in [7, 11) is 4.00. The molecular formula is C22H27N5O2. The van der Waals surface area contributed by atoms with Crippen molar-refractivity contribution in [2.45, 2.75) is 26.0 Å². The number of ether oxygens (including phenoxy) is 1. The summed E-state index contributed by atoms with van der Waals surface area (Å²) < 4.78 is 5.90. The molecule has 1 aromatic heterocycles. The van der Waals surface area contributed by atoms with E-state index in [-0.39, 0.29) is 11.9 Å². The Labute approximate surface area is 170 Å². The third-order valence-electron chi connectivity index (χ3n) is 5.17. The summed E-state index contributed by atoms with van der Waals surface area (Å²) in [5.41, 5.74) is 9.07. The Bertz CT molecular complexity index is 1040. The van der Waals surface area contributed by atoms with Gasteiger partial charge in [0.1, 0.15) is 17.7 Å². The fraction of sp³-hybridized carbons (Fsp3) is 0.364. The summed E-state index contributed by atoms with van der Waals surface area (Å²) in [6.07, 6.45) is 0.704. The highest BCUT2D eigenvalue weighted by Gasteiger charge is 2.24. The summed E-state index contributed by atoms with van der Waals surface area (Å²) >= 11 is 0. The SMILES string of the molecule is CC(CN(C)C)Oc1nc(N)c2c(n1)CN(c1cc(O)cc3ccccc13)CC2. The monoisotopic (exact) mass is 393 g/mol. The fourth-order valence-electron chi connectivity index (χ4n) is 3.96. The van der Waals surface area contributed by atoms with Gasteiger partial charge in [0, 0.05) is 35.8 Å². The molecule has 152 valence electrons. The molecule has 3 aromatic rings. The number of nitrogen functional groups attached to an aromatic ring is 1. The van der Waals surface area contributed by atoms with E-state index >= 15 is 0 Å². The average Bonchev–Trinajstić information content (AvgIpc) is 2.66. The van der Waals surface area contributed by atoms with Crippen LogP contribution in [0.2, 0.25) is 0 Å². The van der Waals surface area contributed by atoms with E-state index in [9.17, 15) is 5.11 Å². The molecule has 4 rings (SSSR count). The van der Waals surface area contributed by atoms with Crippen LogP contribution in [0, 0.1) is 0 Å². The zero-order valence-electron chi connectivity index (χ0n) is 17.1. The summed E-state index contributed by atoms with van der Waals surface area (Å²) in [6, 6.07) is 12.0. The Morgan fingerprint density at radius 3 is 2.83 bits per heavy atom. The van der Waals surface area contributed by atoms with Gasteiger partial charge in [-0.15, -0.1) is 0 Å². The van der Waals surface area contributed by atoms with Gasteiger partial charge in [-0.2, -0.15) is 9.97 Å². The predicted octanol–water partition coefficient (Wildman–Crippen LogP) is 2.81. The van der Waals surface area contributed by atoms with E-state index in [1.807, 2.05) is 45.3 Å². The molecular weight excluding hydrogens is 366 g/mol. The number of fused-ring (bicyclic) bond motifs is 2. The third-order valence-corrected chi connectivity index (χ3v) is 5.17. The molecule has 1 aliphatic heterocycles. The molecule has 7 nitrogen and oxygen atoms in total. The van der Waals surface area contributed by atoms with Gasteiger partial charge < -0.3 is 25.4 Å². The first-order valence-corrected chi connectivity index (χ1v) is 9.84. The topological polar surface area (TPSA) is 87.7 Å². The molecule has 0 saturated heterocycles. The predicted molar refractivity (Wildman–Crippen MR) is 115 cm³/mol. The van der Waals surface area contributed by atoms with E-state index in [1.54, 1.807) is 6.07 Å². The van der Waals surface area contributed by atoms with Gasteiger partial charge in [-0.3, -0.25) is 0 Å². The number of benzene rings is 2. The highest BCUT2D eigenvalue weighted by atomic mass is 16.5. The van der Waals surface area contributed by atoms with Crippen molar-refractivity contribution < 1.29 is 9.84 Å². The number of aromatic nitrogens is 2. The van der Waals surface area contributed by atoms with Crippen LogP contribution in [0.25, 0.3) is 10.8 Å². The first kappa shape index (κ1) is 19.3. The van der Waals surface area contributed by atoms with Gasteiger partial charge in [0.25, 0.3) is 0 Å². The number of rotatable bonds is 5. The van der Waals surface area contributed by atoms with Crippen LogP contribution >= 0.6 is 0 Å². The number of nitrogens with two attached hydrogens (primary N) is 1. The summed E-state index contributed by atoms with van der Waals surface area (Å²) in [5, 5.41) is 12.3. The molecule has 7 heteroatoms. The van der Waals surface area contributed by atoms with Crippen molar-refractivity contribution in [2.75, 3.05) is 37.8 Å². The first-order valence-electron chi connectivity index (χ1n) is 9.84. The van der Waals surface area contributed by atoms with E-state index < -0.39 is 0 Å². The fourth-order valence-corrected chi connectivity index (χ4v) is 3.96. The first-order chi connectivity index (χ1) is 13.9. The molecule has 0 amide bonds. The van der Waals surface area contributed by atoms with Crippen LogP contribution in [0.3, 0.4) is 0 Å². The van der Waals surface area contributed by atoms with Gasteiger partial charge in [0.05, 0.1) is 12.2 Å². The van der Waals surface area contributed by atoms with E-state index in [0.29, 0.717) is 18.4 Å².